The van der Waals surface area contributed by atoms with Crippen LogP contribution in [0.15, 0.2) is 11.6 Å². The third-order valence-corrected chi connectivity index (χ3v) is 3.17. The normalized spacial score (nSPS) is 14.4. The predicted molar refractivity (Wildman–Crippen MR) is 64.2 cm³/mol. The molecule has 0 spiro atoms. The van der Waals surface area contributed by atoms with E-state index in [9.17, 15) is 4.79 Å². The number of carbonyl (C=O) groups excluding carboxylic acids is 1. The zero-order valence-electron chi connectivity index (χ0n) is 9.64. The van der Waals surface area contributed by atoms with Gasteiger partial charge in [0.25, 0.3) is 0 Å². The molecule has 1 aromatic rings. The van der Waals surface area contributed by atoms with Crippen LogP contribution >= 0.6 is 11.3 Å². The number of rotatable bonds is 6. The minimum absolute atomic E-state index is 0.00139. The van der Waals surface area contributed by atoms with Gasteiger partial charge in [-0.2, -0.15) is 0 Å². The molecule has 16 heavy (non-hydrogen) atoms. The molecule has 0 aliphatic carbocycles. The molecule has 0 aliphatic rings. The van der Waals surface area contributed by atoms with Gasteiger partial charge in [0, 0.05) is 18.0 Å². The number of aromatic nitrogens is 1. The lowest BCUT2D eigenvalue weighted by Crippen LogP contribution is -2.28. The van der Waals surface area contributed by atoms with E-state index in [4.69, 9.17) is 5.11 Å². The summed E-state index contributed by atoms with van der Waals surface area (Å²) in [6.07, 6.45) is 3.00. The molecule has 0 fully saturated rings. The summed E-state index contributed by atoms with van der Waals surface area (Å²) in [5, 5.41) is 14.8. The summed E-state index contributed by atoms with van der Waals surface area (Å²) in [5.74, 6) is -0.0250. The SMILES string of the molecule is CCC(NC(=O)CCC(C)O)c1nccs1. The highest BCUT2D eigenvalue weighted by Crippen LogP contribution is 2.18. The van der Waals surface area contributed by atoms with Crippen LogP contribution < -0.4 is 5.32 Å². The smallest absolute Gasteiger partial charge is 0.220 e. The fourth-order valence-corrected chi connectivity index (χ4v) is 2.12. The van der Waals surface area contributed by atoms with Crippen LogP contribution in [0.1, 0.15) is 44.2 Å². The Morgan fingerprint density at radius 2 is 2.44 bits per heavy atom. The van der Waals surface area contributed by atoms with Crippen molar-refractivity contribution >= 4 is 17.2 Å². The Labute approximate surface area is 99.7 Å². The highest BCUT2D eigenvalue weighted by molar-refractivity contribution is 7.09. The first-order valence-corrected chi connectivity index (χ1v) is 6.38. The molecule has 2 atom stereocenters. The molecule has 0 aliphatic heterocycles. The fourth-order valence-electron chi connectivity index (χ4n) is 1.35. The minimum atomic E-state index is -0.425. The van der Waals surface area contributed by atoms with Gasteiger partial charge in [-0.15, -0.1) is 11.3 Å². The van der Waals surface area contributed by atoms with Crippen molar-refractivity contribution in [2.24, 2.45) is 0 Å². The maximum Gasteiger partial charge on any atom is 0.220 e. The van der Waals surface area contributed by atoms with Gasteiger partial charge in [-0.1, -0.05) is 6.92 Å². The van der Waals surface area contributed by atoms with Gasteiger partial charge in [0.15, 0.2) is 0 Å². The molecule has 0 saturated carbocycles. The van der Waals surface area contributed by atoms with Crippen LogP contribution in [0.4, 0.5) is 0 Å². The van der Waals surface area contributed by atoms with E-state index < -0.39 is 6.10 Å². The molecule has 90 valence electrons. The summed E-state index contributed by atoms with van der Waals surface area (Å²) >= 11 is 1.55. The van der Waals surface area contributed by atoms with E-state index in [1.807, 2.05) is 12.3 Å². The minimum Gasteiger partial charge on any atom is -0.393 e. The Hall–Kier alpha value is -0.940. The quantitative estimate of drug-likeness (QED) is 0.800. The van der Waals surface area contributed by atoms with E-state index in [0.717, 1.165) is 11.4 Å². The molecular weight excluding hydrogens is 224 g/mol. The van der Waals surface area contributed by atoms with E-state index in [2.05, 4.69) is 10.3 Å². The first kappa shape index (κ1) is 13.1. The van der Waals surface area contributed by atoms with Crippen LogP contribution in [-0.2, 0) is 4.79 Å². The lowest BCUT2D eigenvalue weighted by atomic mass is 10.2. The summed E-state index contributed by atoms with van der Waals surface area (Å²) < 4.78 is 0. The summed E-state index contributed by atoms with van der Waals surface area (Å²) in [4.78, 5) is 15.8. The van der Waals surface area contributed by atoms with Crippen LogP contribution in [0.3, 0.4) is 0 Å². The Bertz CT molecular complexity index is 312. The number of aliphatic hydroxyl groups is 1. The Morgan fingerprint density at radius 1 is 1.69 bits per heavy atom. The van der Waals surface area contributed by atoms with Crippen LogP contribution in [-0.4, -0.2) is 22.1 Å². The highest BCUT2D eigenvalue weighted by Gasteiger charge is 2.14. The average Bonchev–Trinajstić information content (AvgIpc) is 2.76. The second-order valence-corrected chi connectivity index (χ2v) is 4.71. The summed E-state index contributed by atoms with van der Waals surface area (Å²) in [6.45, 7) is 3.70. The van der Waals surface area contributed by atoms with Crippen molar-refractivity contribution in [3.8, 4) is 0 Å². The summed E-state index contributed by atoms with van der Waals surface area (Å²) in [7, 11) is 0. The predicted octanol–water partition coefficient (Wildman–Crippen LogP) is 1.87. The van der Waals surface area contributed by atoms with Crippen LogP contribution in [0.2, 0.25) is 0 Å². The number of nitrogens with zero attached hydrogens (tertiary/aromatic N) is 1. The zero-order chi connectivity index (χ0) is 12.0. The van der Waals surface area contributed by atoms with Crippen LogP contribution in [0.25, 0.3) is 0 Å². The molecule has 0 radical (unpaired) electrons. The lowest BCUT2D eigenvalue weighted by Gasteiger charge is -2.14. The summed E-state index contributed by atoms with van der Waals surface area (Å²) in [6, 6.07) is 0.00139. The monoisotopic (exact) mass is 242 g/mol. The highest BCUT2D eigenvalue weighted by atomic mass is 32.1. The third-order valence-electron chi connectivity index (χ3n) is 2.28. The Kier molecular flexibility index (Phi) is 5.42. The van der Waals surface area contributed by atoms with E-state index in [1.54, 1.807) is 24.5 Å². The van der Waals surface area contributed by atoms with Crippen molar-refractivity contribution in [2.75, 3.05) is 0 Å². The maximum atomic E-state index is 11.6. The standard InChI is InChI=1S/C11H18N2O2S/c1-3-9(11-12-6-7-16-11)13-10(15)5-4-8(2)14/h6-9,14H,3-5H2,1-2H3,(H,13,15). The number of nitrogens with one attached hydrogen (secondary N) is 1. The molecule has 0 bridgehead atoms. The van der Waals surface area contributed by atoms with Crippen molar-refractivity contribution in [1.82, 2.24) is 10.3 Å². The molecule has 0 aromatic carbocycles. The van der Waals surface area contributed by atoms with Gasteiger partial charge < -0.3 is 10.4 Å². The zero-order valence-corrected chi connectivity index (χ0v) is 10.5. The topological polar surface area (TPSA) is 62.2 Å². The van der Waals surface area contributed by atoms with E-state index in [0.29, 0.717) is 12.8 Å². The van der Waals surface area contributed by atoms with E-state index >= 15 is 0 Å². The molecule has 1 amide bonds. The van der Waals surface area contributed by atoms with Gasteiger partial charge in [0.2, 0.25) is 5.91 Å². The lowest BCUT2D eigenvalue weighted by molar-refractivity contribution is -0.122. The number of hydrogen-bond acceptors (Lipinski definition) is 4. The largest absolute Gasteiger partial charge is 0.393 e. The molecule has 1 aromatic heterocycles. The van der Waals surface area contributed by atoms with Crippen molar-refractivity contribution in [1.29, 1.82) is 0 Å². The fraction of sp³-hybridized carbons (Fsp3) is 0.636. The first-order chi connectivity index (χ1) is 7.63. The van der Waals surface area contributed by atoms with Gasteiger partial charge in [-0.05, 0) is 19.8 Å². The molecule has 4 nitrogen and oxygen atoms in total. The van der Waals surface area contributed by atoms with E-state index in [1.165, 1.54) is 0 Å². The number of thiazole rings is 1. The number of carbonyl (C=O) groups is 1. The number of amides is 1. The Balaban J connectivity index is 2.42. The average molecular weight is 242 g/mol. The second kappa shape index (κ2) is 6.60. The van der Waals surface area contributed by atoms with Gasteiger partial charge >= 0.3 is 0 Å². The van der Waals surface area contributed by atoms with Crippen LogP contribution in [0.5, 0.6) is 0 Å². The first-order valence-electron chi connectivity index (χ1n) is 5.50. The molecule has 1 rings (SSSR count). The van der Waals surface area contributed by atoms with Gasteiger partial charge in [-0.3, -0.25) is 4.79 Å². The molecule has 2 unspecified atom stereocenters. The van der Waals surface area contributed by atoms with Crippen molar-refractivity contribution in [3.63, 3.8) is 0 Å². The molecule has 0 saturated heterocycles. The van der Waals surface area contributed by atoms with Crippen molar-refractivity contribution in [2.45, 2.75) is 45.3 Å². The molecular formula is C11H18N2O2S. The maximum absolute atomic E-state index is 11.6. The third kappa shape index (κ3) is 4.28. The van der Waals surface area contributed by atoms with Crippen LogP contribution in [0, 0.1) is 0 Å². The van der Waals surface area contributed by atoms with Gasteiger partial charge in [0.1, 0.15) is 5.01 Å². The second-order valence-electron chi connectivity index (χ2n) is 3.79. The van der Waals surface area contributed by atoms with Crippen molar-refractivity contribution < 1.29 is 9.90 Å². The summed E-state index contributed by atoms with van der Waals surface area (Å²) in [5.41, 5.74) is 0. The number of hydrogen-bond donors (Lipinski definition) is 2. The molecule has 1 heterocycles. The van der Waals surface area contributed by atoms with E-state index in [-0.39, 0.29) is 11.9 Å². The van der Waals surface area contributed by atoms with Gasteiger partial charge in [0.05, 0.1) is 12.1 Å². The van der Waals surface area contributed by atoms with Crippen molar-refractivity contribution in [3.05, 3.63) is 16.6 Å². The number of aliphatic hydroxyl groups excluding tert-OH is 1. The molecule has 2 N–H and O–H groups in total. The Morgan fingerprint density at radius 3 is 2.94 bits per heavy atom. The molecule has 5 heteroatoms. The van der Waals surface area contributed by atoms with Gasteiger partial charge in [-0.25, -0.2) is 4.98 Å².